The summed E-state index contributed by atoms with van der Waals surface area (Å²) in [6.45, 7) is 1.88. The highest BCUT2D eigenvalue weighted by molar-refractivity contribution is 5.89. The molecule has 0 N–H and O–H groups in total. The molecule has 0 amide bonds. The number of nitro groups is 1. The lowest BCUT2D eigenvalue weighted by Crippen LogP contribution is -2.00. The van der Waals surface area contributed by atoms with Crippen LogP contribution in [0.5, 0.6) is 0 Å². The number of hydrogen-bond acceptors (Lipinski definition) is 4. The monoisotopic (exact) mass is 219 g/mol. The highest BCUT2D eigenvalue weighted by Crippen LogP contribution is 2.15. The highest BCUT2D eigenvalue weighted by Gasteiger charge is 2.09. The Morgan fingerprint density at radius 1 is 1.50 bits per heavy atom. The molecule has 0 saturated carbocycles. The molecule has 0 aromatic heterocycles. The van der Waals surface area contributed by atoms with Gasteiger partial charge in [-0.3, -0.25) is 10.1 Å². The van der Waals surface area contributed by atoms with Crippen molar-refractivity contribution in [3.63, 3.8) is 0 Å². The second kappa shape index (κ2) is 5.51. The molecule has 0 saturated heterocycles. The fourth-order valence-corrected chi connectivity index (χ4v) is 1.02. The molecule has 1 rings (SSSR count). The number of carbonyl (C=O) groups excluding carboxylic acids is 1. The second-order valence-electron chi connectivity index (χ2n) is 2.74. The first-order chi connectivity index (χ1) is 7.65. The molecule has 5 heteroatoms. The van der Waals surface area contributed by atoms with E-state index in [9.17, 15) is 14.9 Å². The number of hydrogen-bond donors (Lipinski definition) is 0. The summed E-state index contributed by atoms with van der Waals surface area (Å²) in [5.41, 5.74) is 0.0693. The molecular weight excluding hydrogens is 210 g/mol. The van der Waals surface area contributed by atoms with Crippen molar-refractivity contribution in [3.8, 4) is 11.8 Å². The Bertz CT molecular complexity index is 470. The third kappa shape index (κ3) is 3.10. The van der Waals surface area contributed by atoms with Crippen LogP contribution in [-0.4, -0.2) is 17.5 Å². The van der Waals surface area contributed by atoms with Gasteiger partial charge in [-0.05, 0) is 18.9 Å². The molecule has 0 bridgehead atoms. The van der Waals surface area contributed by atoms with Crippen LogP contribution in [0.3, 0.4) is 0 Å². The Kier molecular flexibility index (Phi) is 4.04. The molecule has 0 aliphatic carbocycles. The molecular formula is C11H9NO4. The summed E-state index contributed by atoms with van der Waals surface area (Å²) in [5.74, 6) is 3.90. The summed E-state index contributed by atoms with van der Waals surface area (Å²) < 4.78 is 4.58. The van der Waals surface area contributed by atoms with E-state index >= 15 is 0 Å². The van der Waals surface area contributed by atoms with E-state index in [1.54, 1.807) is 13.0 Å². The molecule has 1 aromatic rings. The molecule has 0 atom stereocenters. The van der Waals surface area contributed by atoms with E-state index in [2.05, 4.69) is 16.6 Å². The molecule has 0 aliphatic heterocycles. The van der Waals surface area contributed by atoms with Crippen LogP contribution >= 0.6 is 0 Å². The van der Waals surface area contributed by atoms with E-state index in [-0.39, 0.29) is 17.9 Å². The van der Waals surface area contributed by atoms with Crippen molar-refractivity contribution in [2.24, 2.45) is 0 Å². The van der Waals surface area contributed by atoms with Gasteiger partial charge >= 0.3 is 5.97 Å². The van der Waals surface area contributed by atoms with Crippen LogP contribution in [0, 0.1) is 22.0 Å². The smallest absolute Gasteiger partial charge is 0.384 e. The molecule has 1 aromatic carbocycles. The number of nitro benzene ring substituents is 1. The maximum Gasteiger partial charge on any atom is 0.384 e. The lowest BCUT2D eigenvalue weighted by Gasteiger charge is -1.94. The topological polar surface area (TPSA) is 69.4 Å². The van der Waals surface area contributed by atoms with Crippen LogP contribution in [0.4, 0.5) is 5.69 Å². The quantitative estimate of drug-likeness (QED) is 0.327. The molecule has 0 spiro atoms. The number of ether oxygens (including phenoxy) is 1. The number of esters is 1. The van der Waals surface area contributed by atoms with Crippen molar-refractivity contribution >= 4 is 11.7 Å². The van der Waals surface area contributed by atoms with Crippen molar-refractivity contribution in [1.82, 2.24) is 0 Å². The van der Waals surface area contributed by atoms with Crippen LogP contribution in [0.1, 0.15) is 12.5 Å². The lowest BCUT2D eigenvalue weighted by atomic mass is 10.2. The standard InChI is InChI=1S/C11H9NO4/c1-2-16-11(13)8-7-9-5-3-4-6-10(9)12(14)15/h3-6H,2H2,1H3. The second-order valence-corrected chi connectivity index (χ2v) is 2.74. The molecule has 0 heterocycles. The number of carbonyl (C=O) groups is 1. The fraction of sp³-hybridized carbons (Fsp3) is 0.182. The zero-order valence-corrected chi connectivity index (χ0v) is 8.60. The fourth-order valence-electron chi connectivity index (χ4n) is 1.02. The summed E-state index contributed by atoms with van der Waals surface area (Å²) in [5, 5.41) is 10.6. The van der Waals surface area contributed by atoms with Crippen molar-refractivity contribution in [3.05, 3.63) is 39.9 Å². The van der Waals surface area contributed by atoms with Crippen molar-refractivity contribution in [1.29, 1.82) is 0 Å². The van der Waals surface area contributed by atoms with Crippen LogP contribution in [0.2, 0.25) is 0 Å². The van der Waals surface area contributed by atoms with Gasteiger partial charge in [-0.2, -0.15) is 0 Å². The summed E-state index contributed by atoms with van der Waals surface area (Å²) >= 11 is 0. The van der Waals surface area contributed by atoms with Gasteiger partial charge in [0.25, 0.3) is 5.69 Å². The average molecular weight is 219 g/mol. The van der Waals surface area contributed by atoms with E-state index in [0.29, 0.717) is 0 Å². The Labute approximate surface area is 92.2 Å². The van der Waals surface area contributed by atoms with E-state index in [0.717, 1.165) is 0 Å². The number of benzene rings is 1. The van der Waals surface area contributed by atoms with E-state index in [4.69, 9.17) is 0 Å². The molecule has 5 nitrogen and oxygen atoms in total. The van der Waals surface area contributed by atoms with Crippen LogP contribution < -0.4 is 0 Å². The highest BCUT2D eigenvalue weighted by atomic mass is 16.6. The Balaban J connectivity index is 2.96. The van der Waals surface area contributed by atoms with Gasteiger partial charge in [0.05, 0.1) is 11.5 Å². The molecule has 0 fully saturated rings. The van der Waals surface area contributed by atoms with E-state index in [1.165, 1.54) is 18.2 Å². The first kappa shape index (κ1) is 11.7. The number of rotatable bonds is 2. The van der Waals surface area contributed by atoms with Gasteiger partial charge in [0.15, 0.2) is 0 Å². The zero-order valence-electron chi connectivity index (χ0n) is 8.60. The van der Waals surface area contributed by atoms with Gasteiger partial charge in [0, 0.05) is 12.0 Å². The zero-order chi connectivity index (χ0) is 12.0. The van der Waals surface area contributed by atoms with Crippen LogP contribution in [0.15, 0.2) is 24.3 Å². The van der Waals surface area contributed by atoms with E-state index < -0.39 is 10.9 Å². The first-order valence-electron chi connectivity index (χ1n) is 4.57. The predicted octanol–water partition coefficient (Wildman–Crippen LogP) is 1.51. The largest absolute Gasteiger partial charge is 0.456 e. The van der Waals surface area contributed by atoms with Crippen molar-refractivity contribution < 1.29 is 14.5 Å². The third-order valence-corrected chi connectivity index (χ3v) is 1.68. The molecule has 0 radical (unpaired) electrons. The predicted molar refractivity (Wildman–Crippen MR) is 56.6 cm³/mol. The molecule has 16 heavy (non-hydrogen) atoms. The molecule has 0 aliphatic rings. The minimum absolute atomic E-state index is 0.126. The van der Waals surface area contributed by atoms with Crippen LogP contribution in [-0.2, 0) is 9.53 Å². The van der Waals surface area contributed by atoms with Crippen LogP contribution in [0.25, 0.3) is 0 Å². The normalized spacial score (nSPS) is 8.81. The maximum atomic E-state index is 10.9. The van der Waals surface area contributed by atoms with Gasteiger partial charge in [0.2, 0.25) is 0 Å². The van der Waals surface area contributed by atoms with Crippen molar-refractivity contribution in [2.75, 3.05) is 6.61 Å². The van der Waals surface area contributed by atoms with Gasteiger partial charge < -0.3 is 4.74 Å². The van der Waals surface area contributed by atoms with E-state index in [1.807, 2.05) is 0 Å². The Morgan fingerprint density at radius 2 is 2.19 bits per heavy atom. The summed E-state index contributed by atoms with van der Waals surface area (Å²) in [4.78, 5) is 21.0. The number of para-hydroxylation sites is 1. The minimum Gasteiger partial charge on any atom is -0.456 e. The summed E-state index contributed by atoms with van der Waals surface area (Å²) in [6.07, 6.45) is 0. The van der Waals surface area contributed by atoms with Gasteiger partial charge in [-0.1, -0.05) is 12.1 Å². The molecule has 82 valence electrons. The molecule has 0 unspecified atom stereocenters. The first-order valence-corrected chi connectivity index (χ1v) is 4.57. The summed E-state index contributed by atoms with van der Waals surface area (Å²) in [7, 11) is 0. The average Bonchev–Trinajstić information content (AvgIpc) is 2.27. The lowest BCUT2D eigenvalue weighted by molar-refractivity contribution is -0.385. The van der Waals surface area contributed by atoms with Gasteiger partial charge in [0.1, 0.15) is 5.56 Å². The minimum atomic E-state index is -0.694. The maximum absolute atomic E-state index is 10.9. The SMILES string of the molecule is CCOC(=O)C#Cc1ccccc1[N+](=O)[O-]. The Morgan fingerprint density at radius 3 is 2.81 bits per heavy atom. The van der Waals surface area contributed by atoms with Gasteiger partial charge in [-0.15, -0.1) is 0 Å². The number of nitrogens with zero attached hydrogens (tertiary/aromatic N) is 1. The van der Waals surface area contributed by atoms with Gasteiger partial charge in [-0.25, -0.2) is 4.79 Å². The third-order valence-electron chi connectivity index (χ3n) is 1.68. The van der Waals surface area contributed by atoms with Crippen molar-refractivity contribution in [2.45, 2.75) is 6.92 Å². The Hall–Kier alpha value is -2.35. The summed E-state index contributed by atoms with van der Waals surface area (Å²) in [6, 6.07) is 5.95.